The summed E-state index contributed by atoms with van der Waals surface area (Å²) < 4.78 is 33.2. The second-order valence-electron chi connectivity index (χ2n) is 10.1. The van der Waals surface area contributed by atoms with Crippen molar-refractivity contribution in [1.29, 1.82) is 0 Å². The average molecular weight is 571 g/mol. The molecule has 0 aliphatic heterocycles. The van der Waals surface area contributed by atoms with E-state index in [-0.39, 0.29) is 0 Å². The van der Waals surface area contributed by atoms with Crippen LogP contribution in [0.3, 0.4) is 0 Å². The first-order chi connectivity index (χ1) is 20.5. The Morgan fingerprint density at radius 1 is 0.357 bits per heavy atom. The van der Waals surface area contributed by atoms with E-state index in [0.29, 0.717) is 34.5 Å². The van der Waals surface area contributed by atoms with Crippen molar-refractivity contribution in [2.45, 2.75) is 38.5 Å². The number of methoxy groups -OCH3 is 6. The van der Waals surface area contributed by atoms with Gasteiger partial charge in [0.25, 0.3) is 0 Å². The summed E-state index contributed by atoms with van der Waals surface area (Å²) in [7, 11) is 9.86. The highest BCUT2D eigenvalue weighted by molar-refractivity contribution is 5.55. The molecule has 222 valence electrons. The molecule has 0 amide bonds. The molecule has 4 aromatic rings. The monoisotopic (exact) mass is 570 g/mol. The molecule has 6 nitrogen and oxygen atoms in total. The summed E-state index contributed by atoms with van der Waals surface area (Å²) in [6.45, 7) is 0. The van der Waals surface area contributed by atoms with Crippen molar-refractivity contribution in [2.24, 2.45) is 0 Å². The van der Waals surface area contributed by atoms with Crippen molar-refractivity contribution >= 4 is 0 Å². The molecule has 0 radical (unpaired) electrons. The number of rotatable bonds is 15. The van der Waals surface area contributed by atoms with Crippen molar-refractivity contribution in [3.63, 3.8) is 0 Å². The van der Waals surface area contributed by atoms with Crippen LogP contribution in [0.15, 0.2) is 72.8 Å². The van der Waals surface area contributed by atoms with E-state index in [0.717, 1.165) is 49.7 Å². The molecule has 0 N–H and O–H groups in total. The summed E-state index contributed by atoms with van der Waals surface area (Å²) in [4.78, 5) is 0. The largest absolute Gasteiger partial charge is 0.493 e. The van der Waals surface area contributed by atoms with Gasteiger partial charge in [0.05, 0.1) is 42.7 Å². The van der Waals surface area contributed by atoms with Crippen LogP contribution < -0.4 is 28.4 Å². The Bertz CT molecular complexity index is 1300. The van der Waals surface area contributed by atoms with Crippen LogP contribution in [0.5, 0.6) is 34.5 Å². The van der Waals surface area contributed by atoms with Gasteiger partial charge in [0.1, 0.15) is 0 Å². The van der Waals surface area contributed by atoms with Crippen LogP contribution in [-0.2, 0) is 38.5 Å². The number of hydrogen-bond acceptors (Lipinski definition) is 6. The zero-order valence-corrected chi connectivity index (χ0v) is 25.6. The second kappa shape index (κ2) is 15.1. The molecule has 0 bridgehead atoms. The van der Waals surface area contributed by atoms with E-state index in [4.69, 9.17) is 28.4 Å². The number of aryl methyl sites for hydroxylation is 6. The van der Waals surface area contributed by atoms with E-state index in [1.165, 1.54) is 22.3 Å². The molecule has 0 aromatic heterocycles. The number of hydrogen-bond donors (Lipinski definition) is 0. The number of benzene rings is 4. The summed E-state index contributed by atoms with van der Waals surface area (Å²) in [5, 5.41) is 0. The molecule has 0 atom stereocenters. The summed E-state index contributed by atoms with van der Waals surface area (Å²) in [5.74, 6) is 3.97. The normalized spacial score (nSPS) is 10.7. The van der Waals surface area contributed by atoms with Crippen LogP contribution in [0.2, 0.25) is 0 Å². The molecule has 0 aliphatic carbocycles. The van der Waals surface area contributed by atoms with Crippen LogP contribution in [-0.4, -0.2) is 42.7 Å². The van der Waals surface area contributed by atoms with Gasteiger partial charge < -0.3 is 28.4 Å². The highest BCUT2D eigenvalue weighted by Gasteiger charge is 2.15. The van der Waals surface area contributed by atoms with Gasteiger partial charge in [0.15, 0.2) is 23.0 Å². The lowest BCUT2D eigenvalue weighted by Crippen LogP contribution is -2.03. The molecular formula is C36H42O6. The van der Waals surface area contributed by atoms with E-state index >= 15 is 0 Å². The van der Waals surface area contributed by atoms with Crippen LogP contribution in [0.1, 0.15) is 33.4 Å². The maximum absolute atomic E-state index is 5.55. The highest BCUT2D eigenvalue weighted by atomic mass is 16.5. The third kappa shape index (κ3) is 7.30. The molecule has 0 saturated carbocycles. The van der Waals surface area contributed by atoms with Gasteiger partial charge in [0.2, 0.25) is 11.5 Å². The molecular weight excluding hydrogens is 528 g/mol. The predicted molar refractivity (Wildman–Crippen MR) is 167 cm³/mol. The molecule has 4 aromatic carbocycles. The maximum atomic E-state index is 5.55. The molecule has 4 rings (SSSR count). The third-order valence-electron chi connectivity index (χ3n) is 7.72. The maximum Gasteiger partial charge on any atom is 0.203 e. The lowest BCUT2D eigenvalue weighted by molar-refractivity contribution is 0.324. The summed E-state index contributed by atoms with van der Waals surface area (Å²) in [6.07, 6.45) is 5.56. The Kier molecular flexibility index (Phi) is 11.0. The van der Waals surface area contributed by atoms with Crippen LogP contribution in [0.25, 0.3) is 0 Å². The van der Waals surface area contributed by atoms with Crippen LogP contribution in [0.4, 0.5) is 0 Å². The van der Waals surface area contributed by atoms with E-state index in [1.54, 1.807) is 42.7 Å². The summed E-state index contributed by atoms with van der Waals surface area (Å²) in [6, 6.07) is 25.6. The molecule has 0 aliphatic rings. The van der Waals surface area contributed by atoms with Crippen molar-refractivity contribution in [3.8, 4) is 34.5 Å². The Hall–Kier alpha value is -4.32. The van der Waals surface area contributed by atoms with Gasteiger partial charge in [0, 0.05) is 0 Å². The Morgan fingerprint density at radius 3 is 0.857 bits per heavy atom. The van der Waals surface area contributed by atoms with Gasteiger partial charge in [-0.05, 0) is 96.2 Å². The Balaban J connectivity index is 1.45. The third-order valence-corrected chi connectivity index (χ3v) is 7.72. The van der Waals surface area contributed by atoms with Crippen molar-refractivity contribution in [2.75, 3.05) is 42.7 Å². The van der Waals surface area contributed by atoms with Gasteiger partial charge >= 0.3 is 0 Å². The Labute approximate surface area is 250 Å². The molecule has 0 unspecified atom stereocenters. The summed E-state index contributed by atoms with van der Waals surface area (Å²) in [5.41, 5.74) is 7.78. The average Bonchev–Trinajstić information content (AvgIpc) is 3.04. The highest BCUT2D eigenvalue weighted by Crippen LogP contribution is 2.39. The first kappa shape index (κ1) is 30.6. The van der Waals surface area contributed by atoms with Crippen molar-refractivity contribution in [1.82, 2.24) is 0 Å². The minimum Gasteiger partial charge on any atom is -0.493 e. The topological polar surface area (TPSA) is 55.4 Å². The van der Waals surface area contributed by atoms with E-state index in [9.17, 15) is 0 Å². The van der Waals surface area contributed by atoms with Crippen LogP contribution in [0, 0.1) is 0 Å². The van der Waals surface area contributed by atoms with E-state index in [1.807, 2.05) is 24.3 Å². The van der Waals surface area contributed by atoms with E-state index in [2.05, 4.69) is 48.5 Å². The Morgan fingerprint density at radius 2 is 0.619 bits per heavy atom. The molecule has 0 fully saturated rings. The minimum absolute atomic E-state index is 0.619. The lowest BCUT2D eigenvalue weighted by Gasteiger charge is -2.16. The van der Waals surface area contributed by atoms with Gasteiger partial charge in [-0.15, -0.1) is 0 Å². The quantitative estimate of drug-likeness (QED) is 0.152. The fraction of sp³-hybridized carbons (Fsp3) is 0.333. The van der Waals surface area contributed by atoms with Gasteiger partial charge in [-0.25, -0.2) is 0 Å². The molecule has 0 spiro atoms. The standard InChI is InChI=1S/C36H42O6/c1-37-31-21-25(22-32(38-2)35(31)41-5)15-17-27-11-7-9-13-29(27)19-20-30-14-10-8-12-28(30)18-16-26-23-33(39-3)36(42-6)34(24-26)40-4/h7-14,21-24H,15-20H2,1-6H3. The fourth-order valence-electron chi connectivity index (χ4n) is 5.48. The van der Waals surface area contributed by atoms with Gasteiger partial charge in [-0.2, -0.15) is 0 Å². The lowest BCUT2D eigenvalue weighted by atomic mass is 9.92. The summed E-state index contributed by atoms with van der Waals surface area (Å²) >= 11 is 0. The van der Waals surface area contributed by atoms with Gasteiger partial charge in [-0.3, -0.25) is 0 Å². The zero-order chi connectivity index (χ0) is 29.9. The first-order valence-corrected chi connectivity index (χ1v) is 14.3. The second-order valence-corrected chi connectivity index (χ2v) is 10.1. The molecule has 0 saturated heterocycles. The predicted octanol–water partition coefficient (Wildman–Crippen LogP) is 7.09. The zero-order valence-electron chi connectivity index (χ0n) is 25.6. The number of ether oxygens (including phenoxy) is 6. The molecule has 6 heteroatoms. The SMILES string of the molecule is COc1cc(CCc2ccccc2CCc2ccccc2CCc2cc(OC)c(OC)c(OC)c2)cc(OC)c1OC. The van der Waals surface area contributed by atoms with E-state index < -0.39 is 0 Å². The van der Waals surface area contributed by atoms with Crippen molar-refractivity contribution in [3.05, 3.63) is 106 Å². The molecule has 42 heavy (non-hydrogen) atoms. The van der Waals surface area contributed by atoms with Gasteiger partial charge in [-0.1, -0.05) is 48.5 Å². The fourth-order valence-corrected chi connectivity index (χ4v) is 5.48. The van der Waals surface area contributed by atoms with Crippen molar-refractivity contribution < 1.29 is 28.4 Å². The molecule has 0 heterocycles. The first-order valence-electron chi connectivity index (χ1n) is 14.3. The van der Waals surface area contributed by atoms with Crippen LogP contribution >= 0.6 is 0 Å². The smallest absolute Gasteiger partial charge is 0.203 e. The minimum atomic E-state index is 0.619.